The van der Waals surface area contributed by atoms with Crippen LogP contribution in [0.3, 0.4) is 0 Å². The quantitative estimate of drug-likeness (QED) is 0.672. The van der Waals surface area contributed by atoms with Crippen LogP contribution >= 0.6 is 0 Å². The summed E-state index contributed by atoms with van der Waals surface area (Å²) in [5.41, 5.74) is 0.653. The van der Waals surface area contributed by atoms with Crippen LogP contribution in [0.1, 0.15) is 40.0 Å². The molecule has 1 unspecified atom stereocenters. The number of allylic oxidation sites excluding steroid dienone is 1. The molecule has 4 heteroatoms. The lowest BCUT2D eigenvalue weighted by atomic mass is 10.2. The lowest BCUT2D eigenvalue weighted by Gasteiger charge is -2.14. The van der Waals surface area contributed by atoms with Gasteiger partial charge >= 0.3 is 0 Å². The van der Waals surface area contributed by atoms with Crippen LogP contribution in [-0.4, -0.2) is 21.0 Å². The van der Waals surface area contributed by atoms with Gasteiger partial charge < -0.3 is 0 Å². The smallest absolute Gasteiger partial charge is 0.262 e. The van der Waals surface area contributed by atoms with Gasteiger partial charge in [0.2, 0.25) is 0 Å². The van der Waals surface area contributed by atoms with Crippen molar-refractivity contribution in [3.8, 4) is 0 Å². The Kier molecular flexibility index (Phi) is 3.86. The molecule has 0 radical (unpaired) electrons. The molecule has 0 N–H and O–H groups in total. The van der Waals surface area contributed by atoms with E-state index in [1.807, 2.05) is 0 Å². The standard InChI is InChI=1S/C10H17NO2S/c1-4-5-6-7-11-10(12)8(2)9(3)14(11)13/h4-7H2,1-3H3. The average molecular weight is 215 g/mol. The molecule has 0 saturated carbocycles. The third-order valence-electron chi connectivity index (χ3n) is 2.50. The predicted molar refractivity (Wildman–Crippen MR) is 57.8 cm³/mol. The molecule has 1 aliphatic rings. The van der Waals surface area contributed by atoms with Crippen molar-refractivity contribution in [3.05, 3.63) is 10.5 Å². The van der Waals surface area contributed by atoms with Gasteiger partial charge in [-0.05, 0) is 20.3 Å². The fourth-order valence-corrected chi connectivity index (χ4v) is 2.66. The van der Waals surface area contributed by atoms with Crippen LogP contribution < -0.4 is 0 Å². The lowest BCUT2D eigenvalue weighted by Crippen LogP contribution is -2.28. The summed E-state index contributed by atoms with van der Waals surface area (Å²) >= 11 is 0. The number of unbranched alkanes of at least 4 members (excludes halogenated alkanes) is 2. The van der Waals surface area contributed by atoms with Crippen molar-refractivity contribution in [2.45, 2.75) is 40.0 Å². The first-order valence-corrected chi connectivity index (χ1v) is 6.11. The van der Waals surface area contributed by atoms with Gasteiger partial charge in [0.05, 0.1) is 0 Å². The summed E-state index contributed by atoms with van der Waals surface area (Å²) in [6.45, 7) is 6.24. The maximum atomic E-state index is 11.7. The van der Waals surface area contributed by atoms with Crippen LogP contribution in [0.15, 0.2) is 10.5 Å². The molecule has 0 aromatic rings. The summed E-state index contributed by atoms with van der Waals surface area (Å²) in [6, 6.07) is 0. The van der Waals surface area contributed by atoms with Gasteiger partial charge in [0, 0.05) is 17.0 Å². The first-order chi connectivity index (χ1) is 6.59. The highest BCUT2D eigenvalue weighted by Gasteiger charge is 2.31. The fraction of sp³-hybridized carbons (Fsp3) is 0.700. The van der Waals surface area contributed by atoms with E-state index in [0.717, 1.165) is 19.3 Å². The van der Waals surface area contributed by atoms with Gasteiger partial charge in [0.1, 0.15) is 0 Å². The molecular formula is C10H17NO2S. The number of amides is 1. The predicted octanol–water partition coefficient (Wildman–Crippen LogP) is 1.98. The maximum Gasteiger partial charge on any atom is 0.262 e. The van der Waals surface area contributed by atoms with Crippen LogP contribution in [0.2, 0.25) is 0 Å². The van der Waals surface area contributed by atoms with Crippen LogP contribution in [0.4, 0.5) is 0 Å². The molecule has 0 saturated heterocycles. The number of hydrogen-bond donors (Lipinski definition) is 0. The highest BCUT2D eigenvalue weighted by Crippen LogP contribution is 2.23. The van der Waals surface area contributed by atoms with Crippen LogP contribution in [0.5, 0.6) is 0 Å². The summed E-state index contributed by atoms with van der Waals surface area (Å²) < 4.78 is 13.2. The zero-order valence-corrected chi connectivity index (χ0v) is 9.82. The third kappa shape index (κ3) is 2.05. The summed E-state index contributed by atoms with van der Waals surface area (Å²) in [5, 5.41) is 0. The molecule has 1 rings (SSSR count). The number of nitrogens with zero attached hydrogens (tertiary/aromatic N) is 1. The second kappa shape index (κ2) is 4.73. The highest BCUT2D eigenvalue weighted by atomic mass is 32.2. The van der Waals surface area contributed by atoms with Gasteiger partial charge in [0.15, 0.2) is 11.0 Å². The topological polar surface area (TPSA) is 37.4 Å². The summed E-state index contributed by atoms with van der Waals surface area (Å²) in [7, 11) is -1.21. The van der Waals surface area contributed by atoms with Crippen molar-refractivity contribution >= 4 is 16.9 Å². The molecule has 1 atom stereocenters. The number of rotatable bonds is 4. The van der Waals surface area contributed by atoms with E-state index in [2.05, 4.69) is 6.92 Å². The molecule has 0 fully saturated rings. The molecule has 1 amide bonds. The molecule has 0 spiro atoms. The molecule has 0 aliphatic carbocycles. The second-order valence-corrected chi connectivity index (χ2v) is 5.10. The summed E-state index contributed by atoms with van der Waals surface area (Å²) in [6.07, 6.45) is 3.13. The van der Waals surface area contributed by atoms with Crippen LogP contribution in [0, 0.1) is 0 Å². The van der Waals surface area contributed by atoms with E-state index < -0.39 is 11.0 Å². The Morgan fingerprint density at radius 1 is 1.29 bits per heavy atom. The Labute approximate surface area is 87.8 Å². The highest BCUT2D eigenvalue weighted by molar-refractivity contribution is 7.87. The monoisotopic (exact) mass is 215 g/mol. The van der Waals surface area contributed by atoms with Crippen molar-refractivity contribution in [3.63, 3.8) is 0 Å². The Bertz CT molecular complexity index is 272. The average Bonchev–Trinajstić information content (AvgIpc) is 2.35. The first-order valence-electron chi connectivity index (χ1n) is 5.00. The maximum absolute atomic E-state index is 11.7. The molecule has 14 heavy (non-hydrogen) atoms. The van der Waals surface area contributed by atoms with E-state index in [4.69, 9.17) is 0 Å². The minimum Gasteiger partial charge on any atom is -0.268 e. The largest absolute Gasteiger partial charge is 0.268 e. The molecule has 3 nitrogen and oxygen atoms in total. The number of carbonyl (C=O) groups is 1. The number of carbonyl (C=O) groups excluding carboxylic acids is 1. The van der Waals surface area contributed by atoms with Gasteiger partial charge in [-0.15, -0.1) is 0 Å². The molecule has 0 aromatic carbocycles. The minimum absolute atomic E-state index is 0.0584. The molecular weight excluding hydrogens is 198 g/mol. The molecule has 0 aromatic heterocycles. The Morgan fingerprint density at radius 3 is 2.36 bits per heavy atom. The van der Waals surface area contributed by atoms with Crippen molar-refractivity contribution in [1.29, 1.82) is 0 Å². The minimum atomic E-state index is -1.21. The zero-order valence-electron chi connectivity index (χ0n) is 9.00. The zero-order chi connectivity index (χ0) is 10.7. The SMILES string of the molecule is CCCCCN1C(=O)C(C)=C(C)S1=O. The normalized spacial score (nSPS) is 22.4. The van der Waals surface area contributed by atoms with Gasteiger partial charge in [-0.3, -0.25) is 9.10 Å². The second-order valence-electron chi connectivity index (χ2n) is 3.54. The Balaban J connectivity index is 2.58. The van der Waals surface area contributed by atoms with Crippen molar-refractivity contribution in [2.75, 3.05) is 6.54 Å². The van der Waals surface area contributed by atoms with E-state index in [9.17, 15) is 9.00 Å². The molecule has 1 aliphatic heterocycles. The number of hydrogen-bond acceptors (Lipinski definition) is 2. The first kappa shape index (κ1) is 11.4. The van der Waals surface area contributed by atoms with Gasteiger partial charge in [0.25, 0.3) is 5.91 Å². The van der Waals surface area contributed by atoms with E-state index in [0.29, 0.717) is 17.0 Å². The molecule has 80 valence electrons. The summed E-state index contributed by atoms with van der Waals surface area (Å²) in [4.78, 5) is 12.3. The van der Waals surface area contributed by atoms with E-state index in [1.54, 1.807) is 13.8 Å². The van der Waals surface area contributed by atoms with Crippen LogP contribution in [0.25, 0.3) is 0 Å². The van der Waals surface area contributed by atoms with Crippen molar-refractivity contribution in [2.24, 2.45) is 0 Å². The van der Waals surface area contributed by atoms with Crippen molar-refractivity contribution in [1.82, 2.24) is 4.31 Å². The van der Waals surface area contributed by atoms with E-state index >= 15 is 0 Å². The van der Waals surface area contributed by atoms with E-state index in [-0.39, 0.29) is 5.91 Å². The molecule has 1 heterocycles. The van der Waals surface area contributed by atoms with Gasteiger partial charge in [-0.25, -0.2) is 4.21 Å². The third-order valence-corrected chi connectivity index (χ3v) is 4.08. The van der Waals surface area contributed by atoms with Gasteiger partial charge in [-0.2, -0.15) is 0 Å². The molecule has 0 bridgehead atoms. The Morgan fingerprint density at radius 2 is 1.93 bits per heavy atom. The van der Waals surface area contributed by atoms with Gasteiger partial charge in [-0.1, -0.05) is 19.8 Å². The Hall–Kier alpha value is -0.640. The van der Waals surface area contributed by atoms with Crippen LogP contribution in [-0.2, 0) is 15.8 Å². The lowest BCUT2D eigenvalue weighted by molar-refractivity contribution is -0.122. The summed E-state index contributed by atoms with van der Waals surface area (Å²) in [5.74, 6) is -0.0584. The fourth-order valence-electron chi connectivity index (χ4n) is 1.40. The van der Waals surface area contributed by atoms with Crippen molar-refractivity contribution < 1.29 is 9.00 Å². The van der Waals surface area contributed by atoms with E-state index in [1.165, 1.54) is 4.31 Å².